The van der Waals surface area contributed by atoms with E-state index in [1.807, 2.05) is 0 Å². The molecule has 0 aromatic heterocycles. The minimum Gasteiger partial charge on any atom is -0.479 e. The van der Waals surface area contributed by atoms with Gasteiger partial charge in [0.15, 0.2) is 5.60 Å². The highest BCUT2D eigenvalue weighted by molar-refractivity contribution is 5.77. The van der Waals surface area contributed by atoms with Crippen molar-refractivity contribution in [3.63, 3.8) is 0 Å². The predicted octanol–water partition coefficient (Wildman–Crippen LogP) is -0.388. The Morgan fingerprint density at radius 2 is 2.40 bits per heavy atom. The van der Waals surface area contributed by atoms with Gasteiger partial charge in [-0.2, -0.15) is 0 Å². The average molecular weight is 146 g/mol. The molecule has 2 N–H and O–H groups in total. The first-order chi connectivity index (χ1) is 4.71. The van der Waals surface area contributed by atoms with Crippen molar-refractivity contribution in [3.05, 3.63) is 0 Å². The number of carboxylic acid groups (broad SMARTS) is 1. The second-order valence-electron chi connectivity index (χ2n) is 2.41. The van der Waals surface area contributed by atoms with Crippen LogP contribution < -0.4 is 0 Å². The maximum atomic E-state index is 10.5. The Bertz CT molecular complexity index is 137. The summed E-state index contributed by atoms with van der Waals surface area (Å²) in [5.74, 6) is -1.06. The molecule has 1 saturated heterocycles. The molecule has 0 aliphatic carbocycles. The second-order valence-corrected chi connectivity index (χ2v) is 2.41. The lowest BCUT2D eigenvalue weighted by atomic mass is 10.0. The highest BCUT2D eigenvalue weighted by atomic mass is 16.5. The van der Waals surface area contributed by atoms with Crippen molar-refractivity contribution in [2.24, 2.45) is 0 Å². The first-order valence-electron chi connectivity index (χ1n) is 3.19. The van der Waals surface area contributed by atoms with E-state index in [1.54, 1.807) is 0 Å². The summed E-state index contributed by atoms with van der Waals surface area (Å²) in [5, 5.41) is 17.3. The molecule has 0 spiro atoms. The summed E-state index contributed by atoms with van der Waals surface area (Å²) in [6.07, 6.45) is 1.13. The van der Waals surface area contributed by atoms with Gasteiger partial charge in [-0.1, -0.05) is 0 Å². The number of rotatable bonds is 2. The van der Waals surface area contributed by atoms with E-state index in [2.05, 4.69) is 0 Å². The lowest BCUT2D eigenvalue weighted by molar-refractivity contribution is -0.164. The maximum Gasteiger partial charge on any atom is 0.338 e. The summed E-state index contributed by atoms with van der Waals surface area (Å²) in [4.78, 5) is 10.5. The third-order valence-electron chi connectivity index (χ3n) is 1.75. The molecule has 0 aromatic carbocycles. The molecule has 4 heteroatoms. The molecule has 0 aromatic rings. The topological polar surface area (TPSA) is 66.8 Å². The van der Waals surface area contributed by atoms with E-state index in [0.29, 0.717) is 19.4 Å². The number of aliphatic hydroxyl groups excluding tert-OH is 1. The summed E-state index contributed by atoms with van der Waals surface area (Å²) >= 11 is 0. The number of aliphatic carboxylic acids is 1. The molecular formula is C6H10O4. The molecule has 1 aliphatic rings. The molecule has 1 fully saturated rings. The van der Waals surface area contributed by atoms with E-state index in [9.17, 15) is 4.79 Å². The van der Waals surface area contributed by atoms with Gasteiger partial charge in [-0.25, -0.2) is 4.79 Å². The zero-order valence-electron chi connectivity index (χ0n) is 5.54. The van der Waals surface area contributed by atoms with Crippen molar-refractivity contribution in [2.45, 2.75) is 18.4 Å². The van der Waals surface area contributed by atoms with Gasteiger partial charge in [-0.3, -0.25) is 0 Å². The lowest BCUT2D eigenvalue weighted by Gasteiger charge is -2.19. The Hall–Kier alpha value is -0.610. The zero-order valence-corrected chi connectivity index (χ0v) is 5.54. The zero-order chi connectivity index (χ0) is 7.61. The maximum absolute atomic E-state index is 10.5. The normalized spacial score (nSPS) is 32.5. The van der Waals surface area contributed by atoms with E-state index >= 15 is 0 Å². The molecule has 4 nitrogen and oxygen atoms in total. The first kappa shape index (κ1) is 7.50. The summed E-state index contributed by atoms with van der Waals surface area (Å²) in [6.45, 7) is 0.00912. The van der Waals surface area contributed by atoms with Crippen LogP contribution in [0.5, 0.6) is 0 Å². The van der Waals surface area contributed by atoms with Gasteiger partial charge in [0.05, 0.1) is 6.61 Å². The van der Waals surface area contributed by atoms with Gasteiger partial charge in [0.25, 0.3) is 0 Å². The second kappa shape index (κ2) is 2.56. The van der Waals surface area contributed by atoms with Crippen LogP contribution in [-0.4, -0.2) is 35.0 Å². The monoisotopic (exact) mass is 146 g/mol. The van der Waals surface area contributed by atoms with Crippen LogP contribution in [0.25, 0.3) is 0 Å². The molecule has 10 heavy (non-hydrogen) atoms. The number of hydrogen-bond donors (Lipinski definition) is 2. The molecule has 1 heterocycles. The van der Waals surface area contributed by atoms with Crippen molar-refractivity contribution < 1.29 is 19.7 Å². The fourth-order valence-electron chi connectivity index (χ4n) is 1.06. The Morgan fingerprint density at radius 1 is 1.70 bits per heavy atom. The van der Waals surface area contributed by atoms with Gasteiger partial charge in [-0.15, -0.1) is 0 Å². The van der Waals surface area contributed by atoms with E-state index in [0.717, 1.165) is 0 Å². The van der Waals surface area contributed by atoms with Gasteiger partial charge >= 0.3 is 5.97 Å². The molecule has 0 amide bonds. The smallest absolute Gasteiger partial charge is 0.338 e. The Labute approximate surface area is 58.4 Å². The average Bonchev–Trinajstić information content (AvgIpc) is 2.35. The van der Waals surface area contributed by atoms with Crippen molar-refractivity contribution >= 4 is 5.97 Å². The summed E-state index contributed by atoms with van der Waals surface area (Å²) in [5.41, 5.74) is -1.29. The van der Waals surface area contributed by atoms with E-state index in [4.69, 9.17) is 14.9 Å². The Balaban J connectivity index is 2.67. The van der Waals surface area contributed by atoms with Gasteiger partial charge in [0.1, 0.15) is 0 Å². The number of ether oxygens (including phenoxy) is 1. The quantitative estimate of drug-likeness (QED) is 0.557. The van der Waals surface area contributed by atoms with Crippen molar-refractivity contribution in [1.29, 1.82) is 0 Å². The van der Waals surface area contributed by atoms with E-state index in [1.165, 1.54) is 0 Å². The fraction of sp³-hybridized carbons (Fsp3) is 0.833. The van der Waals surface area contributed by atoms with E-state index in [-0.39, 0.29) is 0 Å². The minimum absolute atomic E-state index is 0.416. The van der Waals surface area contributed by atoms with Crippen LogP contribution >= 0.6 is 0 Å². The van der Waals surface area contributed by atoms with Crippen LogP contribution in [0.2, 0.25) is 0 Å². The predicted molar refractivity (Wildman–Crippen MR) is 32.6 cm³/mol. The Kier molecular flexibility index (Phi) is 1.92. The molecule has 0 bridgehead atoms. The largest absolute Gasteiger partial charge is 0.479 e. The third kappa shape index (κ3) is 0.998. The van der Waals surface area contributed by atoms with Crippen molar-refractivity contribution in [1.82, 2.24) is 0 Å². The number of carboxylic acids is 1. The van der Waals surface area contributed by atoms with E-state index < -0.39 is 18.2 Å². The minimum atomic E-state index is -1.29. The van der Waals surface area contributed by atoms with Gasteiger partial charge in [-0.05, 0) is 12.8 Å². The first-order valence-corrected chi connectivity index (χ1v) is 3.19. The van der Waals surface area contributed by atoms with Crippen molar-refractivity contribution in [2.75, 3.05) is 13.2 Å². The molecule has 1 atom stereocenters. The van der Waals surface area contributed by atoms with Crippen LogP contribution in [-0.2, 0) is 9.53 Å². The molecule has 0 saturated carbocycles. The highest BCUT2D eigenvalue weighted by Crippen LogP contribution is 2.24. The molecule has 1 rings (SSSR count). The van der Waals surface area contributed by atoms with Gasteiger partial charge < -0.3 is 14.9 Å². The molecule has 0 radical (unpaired) electrons. The number of aliphatic hydroxyl groups is 1. The fourth-order valence-corrected chi connectivity index (χ4v) is 1.06. The molecule has 1 aliphatic heterocycles. The summed E-state index contributed by atoms with van der Waals surface area (Å²) in [7, 11) is 0. The summed E-state index contributed by atoms with van der Waals surface area (Å²) in [6, 6.07) is 0. The van der Waals surface area contributed by atoms with Crippen molar-refractivity contribution in [3.8, 4) is 0 Å². The molecule has 1 unspecified atom stereocenters. The Morgan fingerprint density at radius 3 is 2.60 bits per heavy atom. The SMILES string of the molecule is O=C(O)C1(CO)CCCO1. The summed E-state index contributed by atoms with van der Waals surface area (Å²) < 4.78 is 4.90. The van der Waals surface area contributed by atoms with Crippen LogP contribution in [0.4, 0.5) is 0 Å². The molecule has 58 valence electrons. The van der Waals surface area contributed by atoms with Gasteiger partial charge in [0.2, 0.25) is 0 Å². The standard InChI is InChI=1S/C6H10O4/c7-4-6(5(8)9)2-1-3-10-6/h7H,1-4H2,(H,8,9). The highest BCUT2D eigenvalue weighted by Gasteiger charge is 2.42. The van der Waals surface area contributed by atoms with Crippen LogP contribution in [0.3, 0.4) is 0 Å². The number of carbonyl (C=O) groups is 1. The molecular weight excluding hydrogens is 136 g/mol. The lowest BCUT2D eigenvalue weighted by Crippen LogP contribution is -2.41. The van der Waals surface area contributed by atoms with Crippen LogP contribution in [0, 0.1) is 0 Å². The van der Waals surface area contributed by atoms with Crippen LogP contribution in [0.15, 0.2) is 0 Å². The number of hydrogen-bond acceptors (Lipinski definition) is 3. The van der Waals surface area contributed by atoms with Gasteiger partial charge in [0, 0.05) is 6.61 Å². The van der Waals surface area contributed by atoms with Crippen LogP contribution in [0.1, 0.15) is 12.8 Å². The third-order valence-corrected chi connectivity index (χ3v) is 1.75.